The van der Waals surface area contributed by atoms with Crippen molar-refractivity contribution in [2.24, 2.45) is 0 Å². The minimum Gasteiger partial charge on any atom is -0.494 e. The van der Waals surface area contributed by atoms with Crippen molar-refractivity contribution in [3.05, 3.63) is 53.6 Å². The van der Waals surface area contributed by atoms with Crippen LogP contribution >= 0.6 is 0 Å². The van der Waals surface area contributed by atoms with Gasteiger partial charge in [0.05, 0.1) is 6.61 Å². The smallest absolute Gasteiger partial charge is 0.150 e. The summed E-state index contributed by atoms with van der Waals surface area (Å²) in [6.45, 7) is 2.32. The number of hydrogen-bond donors (Lipinski definition) is 0. The van der Waals surface area contributed by atoms with Crippen LogP contribution in [0.4, 0.5) is 8.78 Å². The lowest BCUT2D eigenvalue weighted by Gasteiger charge is -2.09. The molecule has 98 valence electrons. The number of carbonyl (C=O) groups is 1. The summed E-state index contributed by atoms with van der Waals surface area (Å²) in [7, 11) is 0. The molecule has 2 aromatic carbocycles. The second-order valence-electron chi connectivity index (χ2n) is 3.93. The number of benzene rings is 2. The van der Waals surface area contributed by atoms with E-state index in [0.717, 1.165) is 12.1 Å². The van der Waals surface area contributed by atoms with Crippen molar-refractivity contribution in [3.8, 4) is 16.9 Å². The van der Waals surface area contributed by atoms with E-state index in [4.69, 9.17) is 4.74 Å². The number of carbonyl (C=O) groups excluding carboxylic acids is 1. The maximum Gasteiger partial charge on any atom is 0.150 e. The van der Waals surface area contributed by atoms with Crippen molar-refractivity contribution in [1.82, 2.24) is 0 Å². The third-order valence-corrected chi connectivity index (χ3v) is 2.65. The molecule has 0 aliphatic heterocycles. The van der Waals surface area contributed by atoms with Gasteiger partial charge < -0.3 is 4.74 Å². The van der Waals surface area contributed by atoms with Gasteiger partial charge in [-0.05, 0) is 30.7 Å². The molecule has 2 nitrogen and oxygen atoms in total. The zero-order valence-electron chi connectivity index (χ0n) is 10.3. The number of ether oxygens (including phenoxy) is 1. The second kappa shape index (κ2) is 5.61. The van der Waals surface area contributed by atoms with Crippen LogP contribution in [0.2, 0.25) is 0 Å². The van der Waals surface area contributed by atoms with Gasteiger partial charge in [-0.25, -0.2) is 8.78 Å². The molecule has 19 heavy (non-hydrogen) atoms. The van der Waals surface area contributed by atoms with Crippen molar-refractivity contribution in [2.45, 2.75) is 6.92 Å². The summed E-state index contributed by atoms with van der Waals surface area (Å²) in [5.74, 6) is -0.972. The molecule has 2 rings (SSSR count). The monoisotopic (exact) mass is 262 g/mol. The first-order valence-electron chi connectivity index (χ1n) is 5.83. The Hall–Kier alpha value is -2.23. The molecule has 0 amide bonds. The Balaban J connectivity index is 2.58. The van der Waals surface area contributed by atoms with Crippen LogP contribution in [-0.4, -0.2) is 12.9 Å². The van der Waals surface area contributed by atoms with Crippen LogP contribution in [0.5, 0.6) is 5.75 Å². The fraction of sp³-hybridized carbons (Fsp3) is 0.133. The molecule has 0 aliphatic rings. The molecule has 0 atom stereocenters. The van der Waals surface area contributed by atoms with Crippen LogP contribution in [0.3, 0.4) is 0 Å². The number of halogens is 2. The summed E-state index contributed by atoms with van der Waals surface area (Å²) in [6.07, 6.45) is 0.439. The number of aldehydes is 1. The molecule has 0 aliphatic carbocycles. The summed E-state index contributed by atoms with van der Waals surface area (Å²) >= 11 is 0. The van der Waals surface area contributed by atoms with Gasteiger partial charge in [-0.1, -0.05) is 12.1 Å². The summed E-state index contributed by atoms with van der Waals surface area (Å²) in [5, 5.41) is 0. The molecular weight excluding hydrogens is 250 g/mol. The molecule has 0 radical (unpaired) electrons. The zero-order valence-corrected chi connectivity index (χ0v) is 10.3. The van der Waals surface area contributed by atoms with Crippen LogP contribution < -0.4 is 4.74 Å². The summed E-state index contributed by atoms with van der Waals surface area (Å²) in [6, 6.07) is 8.46. The molecule has 0 spiro atoms. The van der Waals surface area contributed by atoms with Gasteiger partial charge >= 0.3 is 0 Å². The lowest BCUT2D eigenvalue weighted by molar-refractivity contribution is 0.112. The molecule has 0 bridgehead atoms. The molecule has 0 aromatic heterocycles. The Morgan fingerprint density at radius 2 is 2.00 bits per heavy atom. The van der Waals surface area contributed by atoms with E-state index in [-0.39, 0.29) is 11.1 Å². The van der Waals surface area contributed by atoms with E-state index < -0.39 is 11.6 Å². The van der Waals surface area contributed by atoms with Gasteiger partial charge in [0.2, 0.25) is 0 Å². The normalized spacial score (nSPS) is 10.3. The largest absolute Gasteiger partial charge is 0.494 e. The quantitative estimate of drug-likeness (QED) is 0.782. The number of hydrogen-bond acceptors (Lipinski definition) is 2. The molecule has 4 heteroatoms. The van der Waals surface area contributed by atoms with Crippen LogP contribution in [-0.2, 0) is 0 Å². The SMILES string of the molecule is CCOc1cccc(-c2c(F)cc(F)cc2C=O)c1. The highest BCUT2D eigenvalue weighted by Crippen LogP contribution is 2.29. The van der Waals surface area contributed by atoms with Crippen molar-refractivity contribution in [2.75, 3.05) is 6.61 Å². The fourth-order valence-electron chi connectivity index (χ4n) is 1.90. The first-order chi connectivity index (χ1) is 9.15. The average molecular weight is 262 g/mol. The second-order valence-corrected chi connectivity index (χ2v) is 3.93. The predicted octanol–water partition coefficient (Wildman–Crippen LogP) is 3.84. The van der Waals surface area contributed by atoms with E-state index in [0.29, 0.717) is 24.2 Å². The van der Waals surface area contributed by atoms with Gasteiger partial charge in [0.25, 0.3) is 0 Å². The van der Waals surface area contributed by atoms with Gasteiger partial charge in [0.1, 0.15) is 17.4 Å². The first kappa shape index (κ1) is 13.2. The zero-order chi connectivity index (χ0) is 13.8. The maximum atomic E-state index is 13.9. The third kappa shape index (κ3) is 2.78. The van der Waals surface area contributed by atoms with Crippen molar-refractivity contribution in [1.29, 1.82) is 0 Å². The Kier molecular flexibility index (Phi) is 3.90. The molecule has 0 unspecified atom stereocenters. The highest BCUT2D eigenvalue weighted by Gasteiger charge is 2.13. The van der Waals surface area contributed by atoms with Gasteiger partial charge in [-0.2, -0.15) is 0 Å². The first-order valence-corrected chi connectivity index (χ1v) is 5.83. The van der Waals surface area contributed by atoms with Gasteiger partial charge in [-0.15, -0.1) is 0 Å². The fourth-order valence-corrected chi connectivity index (χ4v) is 1.90. The highest BCUT2D eigenvalue weighted by atomic mass is 19.1. The van der Waals surface area contributed by atoms with Gasteiger partial charge in [0, 0.05) is 17.2 Å². The van der Waals surface area contributed by atoms with Gasteiger partial charge in [0.15, 0.2) is 6.29 Å². The number of rotatable bonds is 4. The summed E-state index contributed by atoms with van der Waals surface area (Å²) < 4.78 is 32.3. The van der Waals surface area contributed by atoms with E-state index >= 15 is 0 Å². The van der Waals surface area contributed by atoms with Crippen molar-refractivity contribution in [3.63, 3.8) is 0 Å². The predicted molar refractivity (Wildman–Crippen MR) is 68.4 cm³/mol. The van der Waals surface area contributed by atoms with E-state index in [2.05, 4.69) is 0 Å². The van der Waals surface area contributed by atoms with E-state index in [1.54, 1.807) is 24.3 Å². The molecule has 0 saturated heterocycles. The maximum absolute atomic E-state index is 13.9. The topological polar surface area (TPSA) is 26.3 Å². The molecule has 0 saturated carbocycles. The van der Waals surface area contributed by atoms with E-state index in [1.807, 2.05) is 6.92 Å². The van der Waals surface area contributed by atoms with Crippen LogP contribution in [0.1, 0.15) is 17.3 Å². The molecular formula is C15H12F2O2. The minimum atomic E-state index is -0.774. The van der Waals surface area contributed by atoms with Gasteiger partial charge in [-0.3, -0.25) is 4.79 Å². The van der Waals surface area contributed by atoms with Crippen molar-refractivity contribution < 1.29 is 18.3 Å². The summed E-state index contributed by atoms with van der Waals surface area (Å²) in [5.41, 5.74) is 0.537. The third-order valence-electron chi connectivity index (χ3n) is 2.65. The molecule has 0 heterocycles. The molecule has 2 aromatic rings. The summed E-state index contributed by atoms with van der Waals surface area (Å²) in [4.78, 5) is 11.0. The standard InChI is InChI=1S/C15H12F2O2/c1-2-19-13-5-3-4-10(7-13)15-11(9-18)6-12(16)8-14(15)17/h3-9H,2H2,1H3. The Bertz CT molecular complexity index is 609. The minimum absolute atomic E-state index is 0.0221. The average Bonchev–Trinajstić information content (AvgIpc) is 2.38. The lowest BCUT2D eigenvalue weighted by atomic mass is 9.99. The van der Waals surface area contributed by atoms with Crippen molar-refractivity contribution >= 4 is 6.29 Å². The van der Waals surface area contributed by atoms with E-state index in [1.165, 1.54) is 0 Å². The Labute approximate surface area is 109 Å². The molecule has 0 N–H and O–H groups in total. The van der Waals surface area contributed by atoms with E-state index in [9.17, 15) is 13.6 Å². The van der Waals surface area contributed by atoms with Crippen LogP contribution in [0, 0.1) is 11.6 Å². The van der Waals surface area contributed by atoms with Crippen LogP contribution in [0.25, 0.3) is 11.1 Å². The molecule has 0 fully saturated rings. The van der Waals surface area contributed by atoms with Crippen LogP contribution in [0.15, 0.2) is 36.4 Å². The Morgan fingerprint density at radius 1 is 1.21 bits per heavy atom. The lowest BCUT2D eigenvalue weighted by Crippen LogP contribution is -1.96. The highest BCUT2D eigenvalue weighted by molar-refractivity contribution is 5.88. The Morgan fingerprint density at radius 3 is 2.68 bits per heavy atom.